The zero-order valence-corrected chi connectivity index (χ0v) is 17.0. The maximum absolute atomic E-state index is 13.9. The van der Waals surface area contributed by atoms with E-state index in [1.165, 1.54) is 0 Å². The minimum atomic E-state index is -1.48. The molecule has 150 valence electrons. The van der Waals surface area contributed by atoms with Crippen LogP contribution in [-0.4, -0.2) is 36.4 Å². The Morgan fingerprint density at radius 2 is 1.62 bits per heavy atom. The second-order valence-electron chi connectivity index (χ2n) is 7.73. The largest absolute Gasteiger partial charge is 0.465 e. The zero-order valence-electron chi connectivity index (χ0n) is 17.0. The summed E-state index contributed by atoms with van der Waals surface area (Å²) in [5.41, 5.74) is -1.61. The Bertz CT molecular complexity index is 971. The van der Waals surface area contributed by atoms with Crippen LogP contribution in [-0.2, 0) is 24.5 Å². The van der Waals surface area contributed by atoms with Crippen LogP contribution in [0, 0.1) is 5.41 Å². The molecule has 1 fully saturated rings. The van der Waals surface area contributed by atoms with Gasteiger partial charge in [0.1, 0.15) is 0 Å². The van der Waals surface area contributed by atoms with Crippen LogP contribution in [0.4, 0.5) is 0 Å². The first-order valence-electron chi connectivity index (χ1n) is 10.0. The van der Waals surface area contributed by atoms with Crippen molar-refractivity contribution < 1.29 is 19.1 Å². The van der Waals surface area contributed by atoms with Crippen LogP contribution in [0.1, 0.15) is 38.3 Å². The molecule has 2 aliphatic rings. The second-order valence-corrected chi connectivity index (χ2v) is 7.73. The normalized spacial score (nSPS) is 30.3. The molecule has 0 radical (unpaired) electrons. The number of esters is 1. The van der Waals surface area contributed by atoms with E-state index in [0.717, 1.165) is 11.1 Å². The maximum Gasteiger partial charge on any atom is 0.326 e. The molecule has 1 aliphatic carbocycles. The van der Waals surface area contributed by atoms with Crippen LogP contribution in [0.5, 0.6) is 0 Å². The third kappa shape index (κ3) is 2.47. The van der Waals surface area contributed by atoms with E-state index in [9.17, 15) is 9.59 Å². The lowest BCUT2D eigenvalue weighted by molar-refractivity contribution is -0.157. The summed E-state index contributed by atoms with van der Waals surface area (Å²) in [4.78, 5) is 32.1. The van der Waals surface area contributed by atoms with E-state index >= 15 is 0 Å². The highest BCUT2D eigenvalue weighted by atomic mass is 16.5. The van der Waals surface area contributed by atoms with E-state index in [2.05, 4.69) is 0 Å². The number of hydrogen-bond acceptors (Lipinski definition) is 5. The van der Waals surface area contributed by atoms with Gasteiger partial charge in [-0.1, -0.05) is 67.6 Å². The lowest BCUT2D eigenvalue weighted by atomic mass is 9.69. The molecular formula is C24H25NO4. The molecule has 2 aromatic rings. The van der Waals surface area contributed by atoms with Crippen LogP contribution < -0.4 is 0 Å². The smallest absolute Gasteiger partial charge is 0.326 e. The summed E-state index contributed by atoms with van der Waals surface area (Å²) in [6.07, 6.45) is 0.259. The Hall–Kier alpha value is -2.79. The van der Waals surface area contributed by atoms with Crippen molar-refractivity contribution in [3.05, 3.63) is 71.8 Å². The van der Waals surface area contributed by atoms with Crippen LogP contribution in [0.25, 0.3) is 0 Å². The van der Waals surface area contributed by atoms with E-state index < -0.39 is 22.5 Å². The number of benzene rings is 2. The number of rotatable bonds is 6. The van der Waals surface area contributed by atoms with Gasteiger partial charge in [0, 0.05) is 6.61 Å². The molecule has 4 rings (SSSR count). The van der Waals surface area contributed by atoms with Crippen molar-refractivity contribution in [1.82, 2.24) is 0 Å². The fourth-order valence-electron chi connectivity index (χ4n) is 4.88. The molecule has 1 aliphatic heterocycles. The highest BCUT2D eigenvalue weighted by Crippen LogP contribution is 2.62. The number of hydrogen-bond donors (Lipinski definition) is 0. The number of Topliss-reactive ketones (excluding diaryl/α,β-unsaturated/α-hetero) is 1. The molecular weight excluding hydrogens is 366 g/mol. The van der Waals surface area contributed by atoms with Gasteiger partial charge in [-0.2, -0.15) is 0 Å². The van der Waals surface area contributed by atoms with Gasteiger partial charge in [-0.15, -0.1) is 0 Å². The fourth-order valence-corrected chi connectivity index (χ4v) is 4.88. The maximum atomic E-state index is 13.9. The fraction of sp³-hybridized carbons (Fsp3) is 0.375. The topological polar surface area (TPSA) is 65.0 Å². The molecule has 5 heteroatoms. The highest BCUT2D eigenvalue weighted by Gasteiger charge is 2.79. The Kier molecular flexibility index (Phi) is 4.66. The van der Waals surface area contributed by atoms with Crippen molar-refractivity contribution in [3.8, 4) is 0 Å². The van der Waals surface area contributed by atoms with E-state index in [0.29, 0.717) is 12.3 Å². The van der Waals surface area contributed by atoms with Gasteiger partial charge in [0.2, 0.25) is 11.5 Å². The van der Waals surface area contributed by atoms with Crippen molar-refractivity contribution in [2.75, 3.05) is 13.2 Å². The van der Waals surface area contributed by atoms with Gasteiger partial charge in [0.25, 0.3) is 0 Å². The van der Waals surface area contributed by atoms with E-state index in [1.807, 2.05) is 74.5 Å². The number of ether oxygens (including phenoxy) is 2. The van der Waals surface area contributed by atoms with E-state index in [4.69, 9.17) is 14.5 Å². The van der Waals surface area contributed by atoms with Gasteiger partial charge in [0.05, 0.1) is 17.7 Å². The summed E-state index contributed by atoms with van der Waals surface area (Å²) in [5, 5.41) is 0. The summed E-state index contributed by atoms with van der Waals surface area (Å²) >= 11 is 0. The van der Waals surface area contributed by atoms with Crippen molar-refractivity contribution in [2.24, 2.45) is 10.4 Å². The Morgan fingerprint density at radius 3 is 2.21 bits per heavy atom. The molecule has 0 amide bonds. The van der Waals surface area contributed by atoms with Gasteiger partial charge in [-0.25, -0.2) is 4.99 Å². The van der Waals surface area contributed by atoms with Crippen molar-refractivity contribution in [2.45, 2.75) is 38.3 Å². The van der Waals surface area contributed by atoms with Crippen molar-refractivity contribution in [1.29, 1.82) is 0 Å². The van der Waals surface area contributed by atoms with Crippen LogP contribution in [0.3, 0.4) is 0 Å². The minimum Gasteiger partial charge on any atom is -0.465 e. The number of nitrogens with zero attached hydrogens (tertiary/aromatic N) is 1. The second kappa shape index (κ2) is 6.92. The van der Waals surface area contributed by atoms with Gasteiger partial charge in [-0.3, -0.25) is 9.59 Å². The number of carbonyl (C=O) groups excluding carboxylic acids is 2. The molecule has 1 unspecified atom stereocenters. The average molecular weight is 391 g/mol. The Morgan fingerprint density at radius 1 is 1.00 bits per heavy atom. The average Bonchev–Trinajstić information content (AvgIpc) is 3.11. The SMILES string of the molecule is CCOC(=O)[C@]12CC(C)(c3ccccc3)[C@](OCC)(N=C1c1ccccc1)C2=O. The Labute approximate surface area is 170 Å². The highest BCUT2D eigenvalue weighted by molar-refractivity contribution is 6.36. The molecule has 0 spiro atoms. The molecule has 1 heterocycles. The quantitative estimate of drug-likeness (QED) is 0.556. The zero-order chi connectivity index (χ0) is 20.7. The molecule has 3 atom stereocenters. The number of ketones is 1. The standard InChI is InChI=1S/C24H25NO4/c1-4-28-21(27)23-16-22(3,18-14-10-7-11-15-18)24(20(23)26,29-5-2)25-19(23)17-12-8-6-9-13-17/h6-15H,4-5,16H2,1-3H3/t22?,23-,24+/m1/s1. The molecule has 5 nitrogen and oxygen atoms in total. The third-order valence-corrected chi connectivity index (χ3v) is 6.17. The van der Waals surface area contributed by atoms with Crippen LogP contribution in [0.2, 0.25) is 0 Å². The van der Waals surface area contributed by atoms with Crippen LogP contribution in [0.15, 0.2) is 65.7 Å². The number of aliphatic imine (C=N–C) groups is 1. The summed E-state index contributed by atoms with van der Waals surface area (Å²) in [6.45, 7) is 6.04. The van der Waals surface area contributed by atoms with Gasteiger partial charge in [0.15, 0.2) is 5.41 Å². The predicted octanol–water partition coefficient (Wildman–Crippen LogP) is 3.70. The van der Waals surface area contributed by atoms with Crippen molar-refractivity contribution in [3.63, 3.8) is 0 Å². The molecule has 29 heavy (non-hydrogen) atoms. The number of fused-ring (bicyclic) bond motifs is 2. The van der Waals surface area contributed by atoms with Gasteiger partial charge in [-0.05, 0) is 31.4 Å². The summed E-state index contributed by atoms with van der Waals surface area (Å²) in [7, 11) is 0. The van der Waals surface area contributed by atoms with E-state index in [-0.39, 0.29) is 18.8 Å². The molecule has 0 aromatic heterocycles. The molecule has 1 saturated carbocycles. The third-order valence-electron chi connectivity index (χ3n) is 6.17. The molecule has 2 aromatic carbocycles. The lowest BCUT2D eigenvalue weighted by Gasteiger charge is -2.41. The van der Waals surface area contributed by atoms with E-state index in [1.54, 1.807) is 6.92 Å². The molecule has 2 bridgehead atoms. The lowest BCUT2D eigenvalue weighted by Crippen LogP contribution is -2.50. The predicted molar refractivity (Wildman–Crippen MR) is 110 cm³/mol. The first-order chi connectivity index (χ1) is 14.0. The minimum absolute atomic E-state index is 0.194. The monoisotopic (exact) mass is 391 g/mol. The van der Waals surface area contributed by atoms with Crippen LogP contribution >= 0.6 is 0 Å². The first-order valence-corrected chi connectivity index (χ1v) is 10.0. The van der Waals surface area contributed by atoms with Gasteiger partial charge >= 0.3 is 5.97 Å². The van der Waals surface area contributed by atoms with Crippen molar-refractivity contribution >= 4 is 17.5 Å². The summed E-state index contributed by atoms with van der Waals surface area (Å²) < 4.78 is 11.5. The Balaban J connectivity index is 1.99. The number of carbonyl (C=O) groups is 2. The molecule has 0 saturated heterocycles. The molecule has 0 N–H and O–H groups in total. The first kappa shape index (κ1) is 19.5. The van der Waals surface area contributed by atoms with Gasteiger partial charge < -0.3 is 9.47 Å². The summed E-state index contributed by atoms with van der Waals surface area (Å²) in [5.74, 6) is -0.871. The summed E-state index contributed by atoms with van der Waals surface area (Å²) in [6, 6.07) is 19.1.